The highest BCUT2D eigenvalue weighted by Gasteiger charge is 2.39. The fourth-order valence-electron chi connectivity index (χ4n) is 0.937. The summed E-state index contributed by atoms with van der Waals surface area (Å²) < 4.78 is 5.91. The van der Waals surface area contributed by atoms with Crippen LogP contribution in [0.5, 0.6) is 0 Å². The van der Waals surface area contributed by atoms with Crippen molar-refractivity contribution in [2.45, 2.75) is 51.9 Å². The minimum atomic E-state index is -1.90. The first-order valence-electron chi connectivity index (χ1n) is 5.44. The molecule has 1 atom stereocenters. The highest BCUT2D eigenvalue weighted by Crippen LogP contribution is 2.37. The Morgan fingerprint density at radius 1 is 1.44 bits per heavy atom. The topological polar surface area (TPSA) is 67.6 Å². The van der Waals surface area contributed by atoms with Crippen LogP contribution in [0.1, 0.15) is 27.7 Å². The Morgan fingerprint density at radius 2 is 1.88 bits per heavy atom. The summed E-state index contributed by atoms with van der Waals surface area (Å²) in [4.78, 5) is 11.6. The third-order valence-electron chi connectivity index (χ3n) is 2.93. The summed E-state index contributed by atoms with van der Waals surface area (Å²) in [6.07, 6.45) is -0.480. The van der Waals surface area contributed by atoms with Crippen molar-refractivity contribution >= 4 is 14.2 Å². The molecule has 5 nitrogen and oxygen atoms in total. The molecular weight excluding hydrogens is 222 g/mol. The van der Waals surface area contributed by atoms with Gasteiger partial charge in [0.15, 0.2) is 8.32 Å². The van der Waals surface area contributed by atoms with Crippen LogP contribution in [0.25, 0.3) is 0 Å². The number of carbonyl (C=O) groups excluding carboxylic acids is 1. The first kappa shape index (κ1) is 15.6. The molecule has 0 heterocycles. The van der Waals surface area contributed by atoms with E-state index in [1.54, 1.807) is 14.0 Å². The van der Waals surface area contributed by atoms with Crippen LogP contribution in [0, 0.1) is 0 Å². The van der Waals surface area contributed by atoms with E-state index < -0.39 is 14.4 Å². The second kappa shape index (κ2) is 5.26. The molecule has 0 aliphatic rings. The number of amides is 1. The number of hydrogen-bond donors (Lipinski definition) is 2. The van der Waals surface area contributed by atoms with Gasteiger partial charge in [-0.2, -0.15) is 5.12 Å². The van der Waals surface area contributed by atoms with Crippen molar-refractivity contribution in [1.82, 2.24) is 10.5 Å². The van der Waals surface area contributed by atoms with Gasteiger partial charge in [0.25, 0.3) is 5.91 Å². The van der Waals surface area contributed by atoms with E-state index in [1.807, 2.05) is 0 Å². The van der Waals surface area contributed by atoms with Gasteiger partial charge in [-0.1, -0.05) is 20.8 Å². The predicted octanol–water partition coefficient (Wildman–Crippen LogP) is 1.23. The fraction of sp³-hybridized carbons (Fsp3) is 0.900. The Balaban J connectivity index is 4.45. The fourth-order valence-corrected chi connectivity index (χ4v) is 2.28. The van der Waals surface area contributed by atoms with Gasteiger partial charge in [-0.25, -0.2) is 0 Å². The molecule has 0 radical (unpaired) electrons. The first-order chi connectivity index (χ1) is 6.97. The number of nitrogens with two attached hydrogens (primary N) is 1. The van der Waals surface area contributed by atoms with E-state index in [4.69, 9.17) is 10.3 Å². The van der Waals surface area contributed by atoms with Crippen LogP contribution in [-0.2, 0) is 9.22 Å². The van der Waals surface area contributed by atoms with Gasteiger partial charge in [0.1, 0.15) is 6.10 Å². The summed E-state index contributed by atoms with van der Waals surface area (Å²) in [6, 6.07) is 0. The van der Waals surface area contributed by atoms with Gasteiger partial charge >= 0.3 is 0 Å². The summed E-state index contributed by atoms with van der Waals surface area (Å²) in [5.74, 6) is 5.12. The lowest BCUT2D eigenvalue weighted by atomic mass is 10.2. The Morgan fingerprint density at radius 3 is 2.19 bits per heavy atom. The average Bonchev–Trinajstić information content (AvgIpc) is 1.99. The number of carbonyl (C=O) groups is 1. The Hall–Kier alpha value is -0.433. The SMILES string of the molecule is C[C@@H](O[Si](C)(C)C(C)(C)C)C(=O)NN(C)N. The molecule has 3 N–H and O–H groups in total. The molecule has 0 fully saturated rings. The summed E-state index contributed by atoms with van der Waals surface area (Å²) in [7, 11) is -0.336. The van der Waals surface area contributed by atoms with Crippen LogP contribution in [-0.4, -0.2) is 32.5 Å². The van der Waals surface area contributed by atoms with Crippen molar-refractivity contribution in [3.8, 4) is 0 Å². The minimum absolute atomic E-state index is 0.0934. The van der Waals surface area contributed by atoms with Crippen molar-refractivity contribution < 1.29 is 9.22 Å². The third kappa shape index (κ3) is 4.61. The smallest absolute Gasteiger partial charge is 0.262 e. The lowest BCUT2D eigenvalue weighted by Gasteiger charge is -2.38. The van der Waals surface area contributed by atoms with Gasteiger partial charge in [-0.3, -0.25) is 16.1 Å². The van der Waals surface area contributed by atoms with E-state index in [-0.39, 0.29) is 10.9 Å². The quantitative estimate of drug-likeness (QED) is 0.445. The second-order valence-corrected chi connectivity index (χ2v) is 10.4. The van der Waals surface area contributed by atoms with Crippen LogP contribution in [0.15, 0.2) is 0 Å². The van der Waals surface area contributed by atoms with Crippen molar-refractivity contribution in [3.05, 3.63) is 0 Å². The lowest BCUT2D eigenvalue weighted by Crippen LogP contribution is -2.52. The van der Waals surface area contributed by atoms with Gasteiger partial charge in [-0.15, -0.1) is 0 Å². The minimum Gasteiger partial charge on any atom is -0.405 e. The zero-order valence-corrected chi connectivity index (χ0v) is 12.4. The van der Waals surface area contributed by atoms with Crippen LogP contribution >= 0.6 is 0 Å². The molecule has 1 amide bonds. The largest absolute Gasteiger partial charge is 0.405 e. The number of nitrogens with one attached hydrogen (secondary N) is 1. The van der Waals surface area contributed by atoms with Crippen LogP contribution in [0.2, 0.25) is 18.1 Å². The maximum Gasteiger partial charge on any atom is 0.262 e. The van der Waals surface area contributed by atoms with Gasteiger partial charge in [0, 0.05) is 7.05 Å². The molecule has 0 aromatic heterocycles. The molecular formula is C10H25N3O2Si. The molecule has 0 rings (SSSR count). The molecule has 0 spiro atoms. The Labute approximate surface area is 99.4 Å². The monoisotopic (exact) mass is 247 g/mol. The molecule has 16 heavy (non-hydrogen) atoms. The average molecular weight is 247 g/mol. The van der Waals surface area contributed by atoms with Gasteiger partial charge in [-0.05, 0) is 25.1 Å². The number of nitrogens with zero attached hydrogens (tertiary/aromatic N) is 1. The van der Waals surface area contributed by atoms with E-state index in [0.717, 1.165) is 5.12 Å². The molecule has 0 unspecified atom stereocenters. The van der Waals surface area contributed by atoms with Crippen LogP contribution < -0.4 is 11.3 Å². The molecule has 0 aliphatic heterocycles. The van der Waals surface area contributed by atoms with E-state index in [0.29, 0.717) is 0 Å². The van der Waals surface area contributed by atoms with E-state index in [9.17, 15) is 4.79 Å². The molecule has 96 valence electrons. The zero-order valence-electron chi connectivity index (χ0n) is 11.4. The molecule has 0 aliphatic carbocycles. The Kier molecular flexibility index (Phi) is 5.12. The number of hydrogen-bond acceptors (Lipinski definition) is 4. The maximum atomic E-state index is 11.6. The highest BCUT2D eigenvalue weighted by molar-refractivity contribution is 6.74. The van der Waals surface area contributed by atoms with Crippen LogP contribution in [0.4, 0.5) is 0 Å². The third-order valence-corrected chi connectivity index (χ3v) is 7.49. The summed E-state index contributed by atoms with van der Waals surface area (Å²) in [6.45, 7) is 12.4. The molecule has 0 aromatic rings. The standard InChI is InChI=1S/C10H25N3O2Si/c1-8(9(14)12-13(5)11)15-16(6,7)10(2,3)4/h8H,11H2,1-7H3,(H,12,14)/t8-/m1/s1. The first-order valence-corrected chi connectivity index (χ1v) is 8.35. The van der Waals surface area contributed by atoms with Crippen LogP contribution in [0.3, 0.4) is 0 Å². The summed E-state index contributed by atoms with van der Waals surface area (Å²) in [5.41, 5.74) is 2.49. The summed E-state index contributed by atoms with van der Waals surface area (Å²) in [5, 5.41) is 1.23. The molecule has 0 aromatic carbocycles. The molecule has 0 saturated carbocycles. The number of hydrazine groups is 2. The Bertz CT molecular complexity index is 249. The van der Waals surface area contributed by atoms with E-state index >= 15 is 0 Å². The molecule has 0 saturated heterocycles. The summed E-state index contributed by atoms with van der Waals surface area (Å²) >= 11 is 0. The maximum absolute atomic E-state index is 11.6. The second-order valence-electron chi connectivity index (χ2n) is 5.61. The van der Waals surface area contributed by atoms with E-state index in [2.05, 4.69) is 39.3 Å². The van der Waals surface area contributed by atoms with Crippen molar-refractivity contribution in [2.24, 2.45) is 5.84 Å². The van der Waals surface area contributed by atoms with Gasteiger partial charge < -0.3 is 4.43 Å². The highest BCUT2D eigenvalue weighted by atomic mass is 28.4. The zero-order chi connectivity index (χ0) is 13.1. The van der Waals surface area contributed by atoms with E-state index in [1.165, 1.54) is 0 Å². The van der Waals surface area contributed by atoms with Crippen molar-refractivity contribution in [3.63, 3.8) is 0 Å². The van der Waals surface area contributed by atoms with Crippen molar-refractivity contribution in [1.29, 1.82) is 0 Å². The van der Waals surface area contributed by atoms with Gasteiger partial charge in [0.05, 0.1) is 0 Å². The molecule has 6 heteroatoms. The molecule has 0 bridgehead atoms. The normalized spacial score (nSPS) is 15.1. The number of rotatable bonds is 4. The van der Waals surface area contributed by atoms with Gasteiger partial charge in [0.2, 0.25) is 0 Å². The van der Waals surface area contributed by atoms with Crippen molar-refractivity contribution in [2.75, 3.05) is 7.05 Å². The lowest BCUT2D eigenvalue weighted by molar-refractivity contribution is -0.132. The predicted molar refractivity (Wildman–Crippen MR) is 67.8 cm³/mol.